The molecule has 0 spiro atoms. The molecule has 0 amide bonds. The largest absolute Gasteiger partial charge is 0.307 e. The molecule has 1 heterocycles. The van der Waals surface area contributed by atoms with Gasteiger partial charge in [-0.15, -0.1) is 0 Å². The maximum absolute atomic E-state index is 10.6. The average Bonchev–Trinajstić information content (AvgIpc) is 2.97. The number of hydrogen-bond donors (Lipinski definition) is 0. The molecule has 1 atom stereocenters. The maximum Gasteiger partial charge on any atom is 0.307 e. The number of nitro groups is 1. The standard InChI is InChI=1S/C11H14N4O2/c12-6-5-11(9-3-1-2-4-9)14-8-10(7-13-14)15(16)17/h7-9,11H,1-5H2. The van der Waals surface area contributed by atoms with Gasteiger partial charge in [-0.2, -0.15) is 10.4 Å². The molecule has 1 aromatic rings. The molecule has 1 unspecified atom stereocenters. The van der Waals surface area contributed by atoms with Crippen LogP contribution in [0, 0.1) is 27.4 Å². The zero-order chi connectivity index (χ0) is 12.3. The van der Waals surface area contributed by atoms with Crippen molar-refractivity contribution in [1.29, 1.82) is 5.26 Å². The summed E-state index contributed by atoms with van der Waals surface area (Å²) < 4.78 is 1.59. The Labute approximate surface area is 99.0 Å². The Kier molecular flexibility index (Phi) is 3.38. The van der Waals surface area contributed by atoms with E-state index in [1.807, 2.05) is 0 Å². The maximum atomic E-state index is 10.6. The molecule has 90 valence electrons. The van der Waals surface area contributed by atoms with Gasteiger partial charge in [-0.1, -0.05) is 12.8 Å². The van der Waals surface area contributed by atoms with Crippen molar-refractivity contribution in [2.75, 3.05) is 0 Å². The Morgan fingerprint density at radius 2 is 2.35 bits per heavy atom. The number of nitrogens with zero attached hydrogens (tertiary/aromatic N) is 4. The Hall–Kier alpha value is -1.90. The lowest BCUT2D eigenvalue weighted by Gasteiger charge is -2.20. The minimum atomic E-state index is -0.457. The van der Waals surface area contributed by atoms with Crippen molar-refractivity contribution >= 4 is 5.69 Å². The quantitative estimate of drug-likeness (QED) is 0.591. The number of rotatable bonds is 4. The third-order valence-electron chi connectivity index (χ3n) is 3.38. The van der Waals surface area contributed by atoms with Crippen molar-refractivity contribution < 1.29 is 4.92 Å². The van der Waals surface area contributed by atoms with Crippen molar-refractivity contribution in [1.82, 2.24) is 9.78 Å². The minimum absolute atomic E-state index is 0.00839. The first-order chi connectivity index (χ1) is 8.22. The zero-order valence-electron chi connectivity index (χ0n) is 9.45. The van der Waals surface area contributed by atoms with E-state index in [9.17, 15) is 10.1 Å². The molecule has 17 heavy (non-hydrogen) atoms. The molecular formula is C11H14N4O2. The van der Waals surface area contributed by atoms with E-state index in [4.69, 9.17) is 5.26 Å². The monoisotopic (exact) mass is 234 g/mol. The zero-order valence-corrected chi connectivity index (χ0v) is 9.45. The summed E-state index contributed by atoms with van der Waals surface area (Å²) in [5.41, 5.74) is -0.00839. The molecule has 0 N–H and O–H groups in total. The normalized spacial score (nSPS) is 17.8. The lowest BCUT2D eigenvalue weighted by molar-refractivity contribution is -0.385. The van der Waals surface area contributed by atoms with E-state index in [1.165, 1.54) is 25.2 Å². The van der Waals surface area contributed by atoms with Crippen LogP contribution >= 0.6 is 0 Å². The second kappa shape index (κ2) is 4.95. The van der Waals surface area contributed by atoms with E-state index in [0.29, 0.717) is 12.3 Å². The van der Waals surface area contributed by atoms with Gasteiger partial charge in [-0.3, -0.25) is 14.8 Å². The highest BCUT2D eigenvalue weighted by molar-refractivity contribution is 5.21. The Bertz CT molecular complexity index is 443. The predicted octanol–water partition coefficient (Wildman–Crippen LogP) is 2.44. The fourth-order valence-electron chi connectivity index (χ4n) is 2.52. The Balaban J connectivity index is 2.19. The third kappa shape index (κ3) is 2.44. The Morgan fingerprint density at radius 3 is 2.88 bits per heavy atom. The van der Waals surface area contributed by atoms with E-state index < -0.39 is 4.92 Å². The highest BCUT2D eigenvalue weighted by Gasteiger charge is 2.27. The minimum Gasteiger partial charge on any atom is -0.261 e. The topological polar surface area (TPSA) is 84.8 Å². The first-order valence-corrected chi connectivity index (χ1v) is 5.78. The van der Waals surface area contributed by atoms with Gasteiger partial charge in [0.2, 0.25) is 0 Å². The summed E-state index contributed by atoms with van der Waals surface area (Å²) in [6.07, 6.45) is 7.56. The highest BCUT2D eigenvalue weighted by Crippen LogP contribution is 2.36. The molecule has 0 aliphatic heterocycles. The van der Waals surface area contributed by atoms with Gasteiger partial charge in [0.15, 0.2) is 0 Å². The molecule has 1 aromatic heterocycles. The summed E-state index contributed by atoms with van der Waals surface area (Å²) in [6, 6.07) is 2.13. The number of aromatic nitrogens is 2. The van der Waals surface area contributed by atoms with Gasteiger partial charge in [-0.25, -0.2) is 0 Å². The third-order valence-corrected chi connectivity index (χ3v) is 3.38. The molecule has 2 rings (SSSR count). The van der Waals surface area contributed by atoms with Crippen LogP contribution < -0.4 is 0 Å². The average molecular weight is 234 g/mol. The first-order valence-electron chi connectivity index (χ1n) is 5.78. The molecule has 6 heteroatoms. The van der Waals surface area contributed by atoms with E-state index in [1.54, 1.807) is 4.68 Å². The summed E-state index contributed by atoms with van der Waals surface area (Å²) in [5, 5.41) is 23.5. The number of hydrogen-bond acceptors (Lipinski definition) is 4. The molecule has 0 bridgehead atoms. The summed E-state index contributed by atoms with van der Waals surface area (Å²) >= 11 is 0. The fraction of sp³-hybridized carbons (Fsp3) is 0.636. The second-order valence-corrected chi connectivity index (χ2v) is 4.41. The fourth-order valence-corrected chi connectivity index (χ4v) is 2.52. The summed E-state index contributed by atoms with van der Waals surface area (Å²) in [7, 11) is 0. The van der Waals surface area contributed by atoms with Gasteiger partial charge >= 0.3 is 5.69 Å². The van der Waals surface area contributed by atoms with Crippen molar-refractivity contribution in [2.24, 2.45) is 5.92 Å². The molecule has 0 radical (unpaired) electrons. The Morgan fingerprint density at radius 1 is 1.65 bits per heavy atom. The first kappa shape index (κ1) is 11.6. The van der Waals surface area contributed by atoms with Gasteiger partial charge in [-0.05, 0) is 18.8 Å². The highest BCUT2D eigenvalue weighted by atomic mass is 16.6. The molecule has 6 nitrogen and oxygen atoms in total. The molecule has 0 aromatic carbocycles. The predicted molar refractivity (Wildman–Crippen MR) is 60.1 cm³/mol. The van der Waals surface area contributed by atoms with Crippen LogP contribution in [0.15, 0.2) is 12.4 Å². The smallest absolute Gasteiger partial charge is 0.261 e. The molecule has 0 saturated heterocycles. The van der Waals surface area contributed by atoms with Crippen LogP contribution in [-0.2, 0) is 0 Å². The van der Waals surface area contributed by atoms with Gasteiger partial charge in [0, 0.05) is 0 Å². The van der Waals surface area contributed by atoms with Crippen LogP contribution in [-0.4, -0.2) is 14.7 Å². The van der Waals surface area contributed by atoms with Gasteiger partial charge < -0.3 is 0 Å². The molecular weight excluding hydrogens is 220 g/mol. The lowest BCUT2D eigenvalue weighted by Crippen LogP contribution is -2.17. The van der Waals surface area contributed by atoms with Gasteiger partial charge in [0.25, 0.3) is 0 Å². The van der Waals surface area contributed by atoms with Gasteiger partial charge in [0.05, 0.1) is 23.5 Å². The second-order valence-electron chi connectivity index (χ2n) is 4.41. The lowest BCUT2D eigenvalue weighted by atomic mass is 9.96. The van der Waals surface area contributed by atoms with E-state index in [2.05, 4.69) is 11.2 Å². The summed E-state index contributed by atoms with van der Waals surface area (Å²) in [5.74, 6) is 0.425. The molecule has 1 fully saturated rings. The van der Waals surface area contributed by atoms with E-state index in [-0.39, 0.29) is 11.7 Å². The van der Waals surface area contributed by atoms with Crippen LogP contribution in [0.3, 0.4) is 0 Å². The van der Waals surface area contributed by atoms with Crippen LogP contribution in [0.1, 0.15) is 38.1 Å². The van der Waals surface area contributed by atoms with Crippen molar-refractivity contribution in [3.63, 3.8) is 0 Å². The van der Waals surface area contributed by atoms with Gasteiger partial charge in [0.1, 0.15) is 12.4 Å². The SMILES string of the molecule is N#CCC(C1CCCC1)n1cc([N+](=O)[O-])cn1. The molecule has 1 aliphatic carbocycles. The van der Waals surface area contributed by atoms with Crippen LogP contribution in [0.5, 0.6) is 0 Å². The van der Waals surface area contributed by atoms with Crippen LogP contribution in [0.4, 0.5) is 5.69 Å². The van der Waals surface area contributed by atoms with Crippen LogP contribution in [0.25, 0.3) is 0 Å². The summed E-state index contributed by atoms with van der Waals surface area (Å²) in [4.78, 5) is 10.1. The molecule has 1 aliphatic rings. The van der Waals surface area contributed by atoms with Crippen molar-refractivity contribution in [3.8, 4) is 6.07 Å². The van der Waals surface area contributed by atoms with E-state index in [0.717, 1.165) is 12.8 Å². The molecule has 1 saturated carbocycles. The van der Waals surface area contributed by atoms with E-state index >= 15 is 0 Å². The number of nitriles is 1. The van der Waals surface area contributed by atoms with Crippen molar-refractivity contribution in [2.45, 2.75) is 38.1 Å². The summed E-state index contributed by atoms with van der Waals surface area (Å²) in [6.45, 7) is 0. The van der Waals surface area contributed by atoms with Crippen LogP contribution in [0.2, 0.25) is 0 Å². The van der Waals surface area contributed by atoms with Crippen molar-refractivity contribution in [3.05, 3.63) is 22.5 Å².